The maximum Gasteiger partial charge on any atom is 0.160 e. The number of aliphatic imine (C=N–C) groups is 1. The van der Waals surface area contributed by atoms with Crippen molar-refractivity contribution in [3.8, 4) is 44.9 Å². The second-order valence-corrected chi connectivity index (χ2v) is 15.6. The van der Waals surface area contributed by atoms with Gasteiger partial charge in [-0.15, -0.1) is 0 Å². The van der Waals surface area contributed by atoms with Crippen LogP contribution in [0, 0.1) is 5.92 Å². The van der Waals surface area contributed by atoms with Crippen molar-refractivity contribution >= 4 is 12.3 Å². The Morgan fingerprint density at radius 2 is 1.45 bits per heavy atom. The third-order valence-electron chi connectivity index (χ3n) is 12.0. The standard InChI is InChI=1S/C55H43N3/c1-37(41-28-25-38-13-3-4-14-42(38)32-41)12-2-5-18-47-35-54(40-26-23-39(24-27-40)46-17-11-31-56-36-46)58-55(57-47)45-16-10-15-43(33-45)44-29-30-52-50-21-7-6-19-48(50)49-20-8-9-22-51(49)53(52)34-44/h2-16,18-31,33-36,42,46,48,50H,1,17,32H2/b12-2-,18-5+. The first-order valence-corrected chi connectivity index (χ1v) is 20.3. The molecule has 0 N–H and O–H groups in total. The summed E-state index contributed by atoms with van der Waals surface area (Å²) in [5.74, 6) is 2.11. The van der Waals surface area contributed by atoms with E-state index in [2.05, 4.69) is 200 Å². The van der Waals surface area contributed by atoms with Gasteiger partial charge in [-0.25, -0.2) is 9.97 Å². The summed E-state index contributed by atoms with van der Waals surface area (Å²) in [6, 6.07) is 35.3. The second kappa shape index (κ2) is 15.5. The lowest BCUT2D eigenvalue weighted by Crippen LogP contribution is -2.16. The van der Waals surface area contributed by atoms with Crippen LogP contribution in [0.5, 0.6) is 0 Å². The van der Waals surface area contributed by atoms with Gasteiger partial charge in [0.2, 0.25) is 0 Å². The molecule has 0 radical (unpaired) electrons. The molecule has 0 spiro atoms. The average molecular weight is 746 g/mol. The largest absolute Gasteiger partial charge is 0.269 e. The fraction of sp³-hybridized carbons (Fsp3) is 0.109. The molecule has 0 amide bonds. The lowest BCUT2D eigenvalue weighted by Gasteiger charge is -2.34. The van der Waals surface area contributed by atoms with Crippen LogP contribution in [0.3, 0.4) is 0 Å². The van der Waals surface area contributed by atoms with Crippen LogP contribution in [0.1, 0.15) is 53.0 Å². The molecule has 58 heavy (non-hydrogen) atoms. The molecule has 2 heterocycles. The molecule has 4 aliphatic carbocycles. The van der Waals surface area contributed by atoms with Gasteiger partial charge < -0.3 is 0 Å². The van der Waals surface area contributed by atoms with Crippen LogP contribution in [0.25, 0.3) is 51.0 Å². The average Bonchev–Trinajstić information content (AvgIpc) is 3.30. The maximum absolute atomic E-state index is 5.19. The maximum atomic E-state index is 5.19. The Balaban J connectivity index is 0.976. The Bertz CT molecular complexity index is 2760. The number of fused-ring (bicyclic) bond motifs is 7. The zero-order valence-corrected chi connectivity index (χ0v) is 32.3. The number of aromatic nitrogens is 2. The predicted octanol–water partition coefficient (Wildman–Crippen LogP) is 13.6. The number of hydrogen-bond acceptors (Lipinski definition) is 3. The summed E-state index contributed by atoms with van der Waals surface area (Å²) in [4.78, 5) is 14.7. The molecule has 0 bridgehead atoms. The molecular formula is C55H43N3. The van der Waals surface area contributed by atoms with Gasteiger partial charge in [-0.05, 0) is 92.8 Å². The van der Waals surface area contributed by atoms with Crippen molar-refractivity contribution in [1.29, 1.82) is 0 Å². The molecule has 10 rings (SSSR count). The van der Waals surface area contributed by atoms with Gasteiger partial charge in [0.05, 0.1) is 11.4 Å². The first kappa shape index (κ1) is 35.4. The summed E-state index contributed by atoms with van der Waals surface area (Å²) in [6.45, 7) is 4.39. The zero-order chi connectivity index (χ0) is 38.8. The third kappa shape index (κ3) is 7.01. The quantitative estimate of drug-likeness (QED) is 0.148. The van der Waals surface area contributed by atoms with Crippen LogP contribution in [0.2, 0.25) is 0 Å². The van der Waals surface area contributed by atoms with Gasteiger partial charge in [-0.1, -0.05) is 171 Å². The van der Waals surface area contributed by atoms with E-state index in [0.29, 0.717) is 23.6 Å². The fourth-order valence-electron chi connectivity index (χ4n) is 8.90. The summed E-state index contributed by atoms with van der Waals surface area (Å²) < 4.78 is 0. The molecule has 0 saturated heterocycles. The molecule has 4 atom stereocenters. The molecule has 0 saturated carbocycles. The highest BCUT2D eigenvalue weighted by atomic mass is 14.9. The minimum Gasteiger partial charge on any atom is -0.269 e. The van der Waals surface area contributed by atoms with Gasteiger partial charge in [-0.2, -0.15) is 0 Å². The van der Waals surface area contributed by atoms with E-state index in [0.717, 1.165) is 46.5 Å². The van der Waals surface area contributed by atoms with Gasteiger partial charge in [0.1, 0.15) is 0 Å². The van der Waals surface area contributed by atoms with Gasteiger partial charge in [0, 0.05) is 47.2 Å². The first-order chi connectivity index (χ1) is 28.6. The number of rotatable bonds is 8. The Hall–Kier alpha value is -6.97. The van der Waals surface area contributed by atoms with E-state index in [1.54, 1.807) is 0 Å². The Labute approximate surface area is 341 Å². The minimum absolute atomic E-state index is 0.288. The first-order valence-electron chi connectivity index (χ1n) is 20.3. The molecule has 1 aromatic heterocycles. The minimum atomic E-state index is 0.288. The summed E-state index contributed by atoms with van der Waals surface area (Å²) in [5, 5.41) is 0. The molecule has 278 valence electrons. The Morgan fingerprint density at radius 1 is 0.655 bits per heavy atom. The van der Waals surface area contributed by atoms with Crippen molar-refractivity contribution in [3.63, 3.8) is 0 Å². The molecule has 5 aliphatic rings. The highest BCUT2D eigenvalue weighted by molar-refractivity contribution is 5.82. The van der Waals surface area contributed by atoms with Crippen molar-refractivity contribution < 1.29 is 0 Å². The summed E-state index contributed by atoms with van der Waals surface area (Å²) >= 11 is 0. The van der Waals surface area contributed by atoms with Gasteiger partial charge >= 0.3 is 0 Å². The van der Waals surface area contributed by atoms with Crippen molar-refractivity contribution in [1.82, 2.24) is 9.97 Å². The Kier molecular flexibility index (Phi) is 9.48. The molecule has 4 unspecified atom stereocenters. The summed E-state index contributed by atoms with van der Waals surface area (Å²) in [7, 11) is 0. The fourth-order valence-corrected chi connectivity index (χ4v) is 8.90. The normalized spacial score (nSPS) is 21.0. The number of benzene rings is 4. The number of allylic oxidation sites excluding steroid dienone is 17. The topological polar surface area (TPSA) is 38.1 Å². The van der Waals surface area contributed by atoms with Crippen LogP contribution in [0.15, 0.2) is 217 Å². The van der Waals surface area contributed by atoms with Crippen LogP contribution in [-0.4, -0.2) is 16.2 Å². The van der Waals surface area contributed by atoms with Gasteiger partial charge in [0.15, 0.2) is 5.82 Å². The van der Waals surface area contributed by atoms with E-state index in [4.69, 9.17) is 9.97 Å². The van der Waals surface area contributed by atoms with E-state index >= 15 is 0 Å². The lowest BCUT2D eigenvalue weighted by molar-refractivity contribution is 0.720. The molecular weight excluding hydrogens is 703 g/mol. The SMILES string of the molecule is C=C(/C=C\C=C\c1cc(-c2ccc(C3C=NC=CC3)cc2)nc(-c2cccc(-c3ccc4c(c3)-c3ccccc3C3C=CC=CC43)c2)n1)C1=CC=C2C=CC=CC2C1. The Morgan fingerprint density at radius 3 is 2.31 bits per heavy atom. The number of nitrogens with zero attached hydrogens (tertiary/aromatic N) is 3. The van der Waals surface area contributed by atoms with Crippen LogP contribution in [0.4, 0.5) is 0 Å². The van der Waals surface area contributed by atoms with Gasteiger partial charge in [-0.3, -0.25) is 4.99 Å². The highest BCUT2D eigenvalue weighted by Gasteiger charge is 2.31. The lowest BCUT2D eigenvalue weighted by atomic mass is 9.69. The molecule has 3 heteroatoms. The zero-order valence-electron chi connectivity index (χ0n) is 32.3. The van der Waals surface area contributed by atoms with Crippen LogP contribution in [-0.2, 0) is 0 Å². The van der Waals surface area contributed by atoms with E-state index in [1.165, 1.54) is 44.5 Å². The van der Waals surface area contributed by atoms with Crippen molar-refractivity contribution in [3.05, 3.63) is 234 Å². The van der Waals surface area contributed by atoms with Crippen molar-refractivity contribution in [2.24, 2.45) is 10.9 Å². The molecule has 5 aromatic rings. The third-order valence-corrected chi connectivity index (χ3v) is 12.0. The molecule has 1 aliphatic heterocycles. The van der Waals surface area contributed by atoms with E-state index in [9.17, 15) is 0 Å². The van der Waals surface area contributed by atoms with E-state index < -0.39 is 0 Å². The highest BCUT2D eigenvalue weighted by Crippen LogP contribution is 2.50. The second-order valence-electron chi connectivity index (χ2n) is 15.6. The molecule has 0 fully saturated rings. The van der Waals surface area contributed by atoms with Crippen molar-refractivity contribution in [2.45, 2.75) is 30.6 Å². The van der Waals surface area contributed by atoms with Crippen LogP contribution >= 0.6 is 0 Å². The van der Waals surface area contributed by atoms with E-state index in [1.807, 2.05) is 12.4 Å². The van der Waals surface area contributed by atoms with Crippen molar-refractivity contribution in [2.75, 3.05) is 0 Å². The molecule has 4 aromatic carbocycles. The monoisotopic (exact) mass is 745 g/mol. The molecule has 3 nitrogen and oxygen atoms in total. The smallest absolute Gasteiger partial charge is 0.160 e. The predicted molar refractivity (Wildman–Crippen MR) is 242 cm³/mol. The van der Waals surface area contributed by atoms with Gasteiger partial charge in [0.25, 0.3) is 0 Å². The summed E-state index contributed by atoms with van der Waals surface area (Å²) in [6.07, 6.45) is 38.4. The summed E-state index contributed by atoms with van der Waals surface area (Å²) in [5.41, 5.74) is 16.4. The number of hydrogen-bond donors (Lipinski definition) is 0. The van der Waals surface area contributed by atoms with E-state index in [-0.39, 0.29) is 5.92 Å². The van der Waals surface area contributed by atoms with Crippen LogP contribution < -0.4 is 0 Å².